The maximum atomic E-state index is 13.0. The van der Waals surface area contributed by atoms with Crippen LogP contribution in [0.4, 0.5) is 4.39 Å². The average Bonchev–Trinajstić information content (AvgIpc) is 2.11. The van der Waals surface area contributed by atoms with Crippen molar-refractivity contribution in [2.75, 3.05) is 13.2 Å². The van der Waals surface area contributed by atoms with E-state index in [2.05, 4.69) is 33.9 Å². The minimum absolute atomic E-state index is 0.128. The van der Waals surface area contributed by atoms with Crippen LogP contribution in [0.1, 0.15) is 27.7 Å². The molecule has 0 heterocycles. The van der Waals surface area contributed by atoms with Crippen LogP contribution < -0.4 is 0 Å². The van der Waals surface area contributed by atoms with Crippen LogP contribution in [0.25, 0.3) is 0 Å². The fourth-order valence-electron chi connectivity index (χ4n) is 0.718. The monoisotopic (exact) mass is 234 g/mol. The molecular formula is C11H23FO2Si. The quantitative estimate of drug-likeness (QED) is 0.757. The van der Waals surface area contributed by atoms with Crippen LogP contribution in [-0.2, 0) is 4.43 Å². The SMILES string of the molecule is C/C(CO[Si](C)(C)C(C)(C)C)=C(\F)CO. The minimum Gasteiger partial charge on any atom is -0.413 e. The Bertz CT molecular complexity index is 241. The van der Waals surface area contributed by atoms with E-state index in [4.69, 9.17) is 9.53 Å². The number of aliphatic hydroxyl groups is 1. The van der Waals surface area contributed by atoms with Crippen molar-refractivity contribution >= 4 is 8.32 Å². The van der Waals surface area contributed by atoms with Crippen LogP contribution in [-0.4, -0.2) is 26.6 Å². The van der Waals surface area contributed by atoms with Gasteiger partial charge in [-0.15, -0.1) is 0 Å². The second-order valence-corrected chi connectivity index (χ2v) is 10.2. The standard InChI is InChI=1S/C11H23FO2Si/c1-9(10(12)7-13)8-14-15(5,6)11(2,3)4/h13H,7-8H2,1-6H3/b10-9+. The fourth-order valence-corrected chi connectivity index (χ4v) is 1.73. The summed E-state index contributed by atoms with van der Waals surface area (Å²) in [4.78, 5) is 0. The number of hydrogen-bond acceptors (Lipinski definition) is 2. The molecule has 0 fully saturated rings. The topological polar surface area (TPSA) is 29.5 Å². The molecular weight excluding hydrogens is 211 g/mol. The van der Waals surface area contributed by atoms with Crippen molar-refractivity contribution in [1.82, 2.24) is 0 Å². The molecule has 90 valence electrons. The van der Waals surface area contributed by atoms with E-state index in [0.29, 0.717) is 5.57 Å². The number of rotatable bonds is 4. The van der Waals surface area contributed by atoms with E-state index in [1.165, 1.54) is 0 Å². The Morgan fingerprint density at radius 3 is 2.13 bits per heavy atom. The summed E-state index contributed by atoms with van der Waals surface area (Å²) in [6.07, 6.45) is 0. The summed E-state index contributed by atoms with van der Waals surface area (Å²) in [5, 5.41) is 8.75. The molecule has 0 aliphatic carbocycles. The summed E-state index contributed by atoms with van der Waals surface area (Å²) in [6.45, 7) is 12.1. The highest BCUT2D eigenvalue weighted by atomic mass is 28.4. The molecule has 0 rings (SSSR count). The van der Waals surface area contributed by atoms with Crippen molar-refractivity contribution in [3.63, 3.8) is 0 Å². The Morgan fingerprint density at radius 2 is 1.80 bits per heavy atom. The molecule has 2 nitrogen and oxygen atoms in total. The van der Waals surface area contributed by atoms with Gasteiger partial charge in [-0.2, -0.15) is 0 Å². The summed E-state index contributed by atoms with van der Waals surface area (Å²) in [5.41, 5.74) is 0.488. The number of aliphatic hydroxyl groups excluding tert-OH is 1. The van der Waals surface area contributed by atoms with Crippen LogP contribution in [0.5, 0.6) is 0 Å². The van der Waals surface area contributed by atoms with Gasteiger partial charge in [0.05, 0.1) is 13.2 Å². The zero-order valence-corrected chi connectivity index (χ0v) is 11.6. The van der Waals surface area contributed by atoms with E-state index in [9.17, 15) is 4.39 Å². The second-order valence-electron chi connectivity index (χ2n) is 5.39. The molecule has 0 spiro atoms. The van der Waals surface area contributed by atoms with Gasteiger partial charge in [-0.1, -0.05) is 20.8 Å². The van der Waals surface area contributed by atoms with Crippen LogP contribution in [0.3, 0.4) is 0 Å². The van der Waals surface area contributed by atoms with Gasteiger partial charge in [-0.05, 0) is 30.6 Å². The van der Waals surface area contributed by atoms with Gasteiger partial charge < -0.3 is 9.53 Å². The maximum absolute atomic E-state index is 13.0. The third-order valence-electron chi connectivity index (χ3n) is 3.06. The highest BCUT2D eigenvalue weighted by Gasteiger charge is 2.37. The van der Waals surface area contributed by atoms with Crippen molar-refractivity contribution in [2.24, 2.45) is 0 Å². The van der Waals surface area contributed by atoms with Gasteiger partial charge in [0.15, 0.2) is 8.32 Å². The lowest BCUT2D eigenvalue weighted by Crippen LogP contribution is -2.41. The van der Waals surface area contributed by atoms with Crippen molar-refractivity contribution in [3.05, 3.63) is 11.4 Å². The predicted molar refractivity (Wildman–Crippen MR) is 64.0 cm³/mol. The number of halogens is 1. The van der Waals surface area contributed by atoms with E-state index >= 15 is 0 Å². The molecule has 15 heavy (non-hydrogen) atoms. The summed E-state index contributed by atoms with van der Waals surface area (Å²) < 4.78 is 18.8. The van der Waals surface area contributed by atoms with Crippen LogP contribution in [0.2, 0.25) is 18.1 Å². The lowest BCUT2D eigenvalue weighted by molar-refractivity contribution is 0.281. The third-order valence-corrected chi connectivity index (χ3v) is 7.54. The molecule has 0 aromatic heterocycles. The lowest BCUT2D eigenvalue weighted by atomic mass is 10.2. The Morgan fingerprint density at radius 1 is 1.33 bits per heavy atom. The van der Waals surface area contributed by atoms with Crippen molar-refractivity contribution in [2.45, 2.75) is 45.8 Å². The third kappa shape index (κ3) is 4.45. The molecule has 0 radical (unpaired) electrons. The molecule has 4 heteroatoms. The van der Waals surface area contributed by atoms with Gasteiger partial charge in [0.1, 0.15) is 5.83 Å². The summed E-state index contributed by atoms with van der Waals surface area (Å²) >= 11 is 0. The van der Waals surface area contributed by atoms with Gasteiger partial charge in [-0.3, -0.25) is 0 Å². The first-order chi connectivity index (χ1) is 6.62. The molecule has 0 atom stereocenters. The first-order valence-electron chi connectivity index (χ1n) is 5.21. The normalized spacial score (nSPS) is 15.2. The molecule has 0 saturated heterocycles. The highest BCUT2D eigenvalue weighted by Crippen LogP contribution is 2.36. The average molecular weight is 234 g/mol. The summed E-state index contributed by atoms with van der Waals surface area (Å²) in [6, 6.07) is 0. The Hall–Kier alpha value is -0.193. The molecule has 0 aliphatic heterocycles. The molecule has 0 saturated carbocycles. The van der Waals surface area contributed by atoms with E-state index in [0.717, 1.165) is 0 Å². The van der Waals surface area contributed by atoms with E-state index in [1.807, 2.05) is 0 Å². The van der Waals surface area contributed by atoms with Gasteiger partial charge in [0, 0.05) is 0 Å². The zero-order valence-electron chi connectivity index (χ0n) is 10.6. The molecule has 0 aliphatic rings. The molecule has 0 amide bonds. The van der Waals surface area contributed by atoms with Gasteiger partial charge in [0.25, 0.3) is 0 Å². The molecule has 1 N–H and O–H groups in total. The first kappa shape index (κ1) is 14.8. The maximum Gasteiger partial charge on any atom is 0.192 e. The lowest BCUT2D eigenvalue weighted by Gasteiger charge is -2.36. The predicted octanol–water partition coefficient (Wildman–Crippen LogP) is 3.24. The van der Waals surface area contributed by atoms with E-state index in [1.54, 1.807) is 6.92 Å². The van der Waals surface area contributed by atoms with Gasteiger partial charge in [0.2, 0.25) is 0 Å². The van der Waals surface area contributed by atoms with Gasteiger partial charge >= 0.3 is 0 Å². The molecule has 0 bridgehead atoms. The minimum atomic E-state index is -1.81. The zero-order chi connectivity index (χ0) is 12.3. The molecule has 0 aromatic rings. The van der Waals surface area contributed by atoms with Crippen molar-refractivity contribution < 1.29 is 13.9 Å². The smallest absolute Gasteiger partial charge is 0.192 e. The second kappa shape index (κ2) is 5.23. The molecule has 0 unspecified atom stereocenters. The number of hydrogen-bond donors (Lipinski definition) is 1. The van der Waals surface area contributed by atoms with E-state index in [-0.39, 0.29) is 11.6 Å². The summed E-state index contributed by atoms with van der Waals surface area (Å²) in [5.74, 6) is -0.478. The van der Waals surface area contributed by atoms with Crippen molar-refractivity contribution in [1.29, 1.82) is 0 Å². The Labute approximate surface area is 93.3 Å². The highest BCUT2D eigenvalue weighted by molar-refractivity contribution is 6.74. The van der Waals surface area contributed by atoms with Crippen LogP contribution in [0.15, 0.2) is 11.4 Å². The van der Waals surface area contributed by atoms with Crippen LogP contribution in [0, 0.1) is 0 Å². The van der Waals surface area contributed by atoms with Crippen LogP contribution >= 0.6 is 0 Å². The fraction of sp³-hybridized carbons (Fsp3) is 0.818. The summed E-state index contributed by atoms with van der Waals surface area (Å²) in [7, 11) is -1.81. The molecule has 0 aromatic carbocycles. The largest absolute Gasteiger partial charge is 0.413 e. The van der Waals surface area contributed by atoms with Crippen molar-refractivity contribution in [3.8, 4) is 0 Å². The Balaban J connectivity index is 4.41. The van der Waals surface area contributed by atoms with E-state index < -0.39 is 20.8 Å². The Kier molecular flexibility index (Phi) is 5.16. The van der Waals surface area contributed by atoms with Gasteiger partial charge in [-0.25, -0.2) is 4.39 Å². The first-order valence-corrected chi connectivity index (χ1v) is 8.11.